The number of fused-ring (bicyclic) bond motifs is 1. The Bertz CT molecular complexity index is 1170. The number of nitrogens with zero attached hydrogens (tertiary/aromatic N) is 1. The maximum absolute atomic E-state index is 12.4. The zero-order chi connectivity index (χ0) is 24.0. The Morgan fingerprint density at radius 2 is 1.97 bits per heavy atom. The molecule has 9 nitrogen and oxygen atoms in total. The molecule has 0 aliphatic rings. The van der Waals surface area contributed by atoms with Gasteiger partial charge in [0.1, 0.15) is 12.4 Å². The molecule has 4 N–H and O–H groups in total. The minimum absolute atomic E-state index is 0.178. The lowest BCUT2D eigenvalue weighted by Crippen LogP contribution is -2.26. The Morgan fingerprint density at radius 1 is 1.18 bits per heavy atom. The van der Waals surface area contributed by atoms with E-state index in [1.807, 2.05) is 0 Å². The van der Waals surface area contributed by atoms with Gasteiger partial charge in [-0.1, -0.05) is 12.1 Å². The lowest BCUT2D eigenvalue weighted by molar-refractivity contribution is -0.0518. The van der Waals surface area contributed by atoms with Gasteiger partial charge in [0, 0.05) is 24.8 Å². The van der Waals surface area contributed by atoms with Gasteiger partial charge < -0.3 is 19.9 Å². The zero-order valence-electron chi connectivity index (χ0n) is 18.1. The molecule has 1 heterocycles. The second kappa shape index (κ2) is 10.8. The maximum Gasteiger partial charge on any atom is 0.388 e. The van der Waals surface area contributed by atoms with Crippen LogP contribution >= 0.6 is 0 Å². The third-order valence-electron chi connectivity index (χ3n) is 4.74. The number of sulfonamides is 1. The summed E-state index contributed by atoms with van der Waals surface area (Å²) in [5.41, 5.74) is 1.46. The van der Waals surface area contributed by atoms with Crippen LogP contribution in [0.1, 0.15) is 25.5 Å². The number of ether oxygens (including phenoxy) is 2. The summed E-state index contributed by atoms with van der Waals surface area (Å²) in [5.74, 6) is 0.338. The van der Waals surface area contributed by atoms with Crippen LogP contribution in [0.5, 0.6) is 11.6 Å². The normalized spacial score (nSPS) is 12.9. The van der Waals surface area contributed by atoms with Crippen molar-refractivity contribution in [1.82, 2.24) is 15.5 Å². The number of aromatic nitrogens is 2. The SMILES string of the molecule is CC(C)S(=O)(=O)Nc1cccc([C@@H](O)CNCCOc2ccc3c(OC(F)F)n[nH]c3c2)c1. The highest BCUT2D eigenvalue weighted by atomic mass is 32.2. The number of anilines is 1. The number of hydrogen-bond acceptors (Lipinski definition) is 7. The Morgan fingerprint density at radius 3 is 2.70 bits per heavy atom. The van der Waals surface area contributed by atoms with Crippen LogP contribution in [0.4, 0.5) is 14.5 Å². The summed E-state index contributed by atoms with van der Waals surface area (Å²) >= 11 is 0. The molecular formula is C21H26F2N4O5S. The van der Waals surface area contributed by atoms with E-state index in [1.165, 1.54) is 0 Å². The molecule has 3 rings (SSSR count). The standard InChI is InChI=1S/C21H26F2N4O5S/c1-13(2)33(29,30)27-15-5-3-4-14(10-15)19(28)12-24-8-9-31-16-6-7-17-18(11-16)25-26-20(17)32-21(22)23/h3-7,10-11,13,19,21,24,27-28H,8-9,12H2,1-2H3,(H,25,26)/t19-/m0/s1. The monoisotopic (exact) mass is 484 g/mol. The number of alkyl halides is 2. The van der Waals surface area contributed by atoms with Gasteiger partial charge >= 0.3 is 6.61 Å². The molecule has 1 aromatic heterocycles. The molecular weight excluding hydrogens is 458 g/mol. The van der Waals surface area contributed by atoms with Crippen molar-refractivity contribution in [2.45, 2.75) is 31.8 Å². The van der Waals surface area contributed by atoms with Crippen LogP contribution in [-0.2, 0) is 10.0 Å². The number of aromatic amines is 1. The number of aliphatic hydroxyl groups excluding tert-OH is 1. The third-order valence-corrected chi connectivity index (χ3v) is 6.50. The highest BCUT2D eigenvalue weighted by molar-refractivity contribution is 7.93. The van der Waals surface area contributed by atoms with Gasteiger partial charge in [0.25, 0.3) is 0 Å². The molecule has 180 valence electrons. The van der Waals surface area contributed by atoms with Gasteiger partial charge in [-0.3, -0.25) is 9.82 Å². The van der Waals surface area contributed by atoms with E-state index in [9.17, 15) is 22.3 Å². The summed E-state index contributed by atoms with van der Waals surface area (Å²) in [4.78, 5) is 0. The molecule has 0 saturated heterocycles. The molecule has 0 aliphatic heterocycles. The van der Waals surface area contributed by atoms with Crippen molar-refractivity contribution >= 4 is 26.6 Å². The van der Waals surface area contributed by atoms with E-state index in [-0.39, 0.29) is 12.4 Å². The van der Waals surface area contributed by atoms with Crippen LogP contribution in [0.25, 0.3) is 10.9 Å². The molecule has 0 bridgehead atoms. The van der Waals surface area contributed by atoms with Crippen molar-refractivity contribution in [3.05, 3.63) is 48.0 Å². The molecule has 0 spiro atoms. The molecule has 2 aromatic carbocycles. The molecule has 0 saturated carbocycles. The fraction of sp³-hybridized carbons (Fsp3) is 0.381. The average Bonchev–Trinajstić information content (AvgIpc) is 3.14. The van der Waals surface area contributed by atoms with Crippen molar-refractivity contribution < 1.29 is 31.8 Å². The smallest absolute Gasteiger partial charge is 0.388 e. The second-order valence-corrected chi connectivity index (χ2v) is 9.74. The molecule has 0 radical (unpaired) electrons. The van der Waals surface area contributed by atoms with Gasteiger partial charge in [-0.25, -0.2) is 8.42 Å². The quantitative estimate of drug-likeness (QED) is 0.291. The molecule has 33 heavy (non-hydrogen) atoms. The van der Waals surface area contributed by atoms with E-state index in [1.54, 1.807) is 56.3 Å². The first-order valence-electron chi connectivity index (χ1n) is 10.2. The fourth-order valence-corrected chi connectivity index (χ4v) is 3.62. The predicted octanol–water partition coefficient (Wildman–Crippen LogP) is 3.02. The number of benzene rings is 2. The summed E-state index contributed by atoms with van der Waals surface area (Å²) in [5, 5.41) is 19.6. The van der Waals surface area contributed by atoms with Crippen molar-refractivity contribution in [2.75, 3.05) is 24.4 Å². The van der Waals surface area contributed by atoms with Crippen molar-refractivity contribution in [1.29, 1.82) is 0 Å². The topological polar surface area (TPSA) is 126 Å². The molecule has 1 atom stereocenters. The van der Waals surface area contributed by atoms with Gasteiger partial charge in [0.15, 0.2) is 0 Å². The lowest BCUT2D eigenvalue weighted by Gasteiger charge is -2.15. The molecule has 0 unspecified atom stereocenters. The number of nitrogens with one attached hydrogen (secondary N) is 3. The Hall–Kier alpha value is -2.96. The van der Waals surface area contributed by atoms with Gasteiger partial charge in [-0.2, -0.15) is 8.78 Å². The maximum atomic E-state index is 12.4. The summed E-state index contributed by atoms with van der Waals surface area (Å²) in [6, 6.07) is 11.4. The minimum Gasteiger partial charge on any atom is -0.492 e. The van der Waals surface area contributed by atoms with Crippen molar-refractivity contribution in [2.24, 2.45) is 0 Å². The van der Waals surface area contributed by atoms with Gasteiger partial charge in [-0.05, 0) is 43.7 Å². The van der Waals surface area contributed by atoms with Gasteiger partial charge in [0.05, 0.1) is 22.3 Å². The Labute approximate surface area is 190 Å². The number of halogens is 2. The van der Waals surface area contributed by atoms with E-state index in [2.05, 4.69) is 25.0 Å². The fourth-order valence-electron chi connectivity index (χ4n) is 2.93. The van der Waals surface area contributed by atoms with E-state index in [0.29, 0.717) is 41.1 Å². The Balaban J connectivity index is 1.46. The van der Waals surface area contributed by atoms with E-state index in [0.717, 1.165) is 0 Å². The summed E-state index contributed by atoms with van der Waals surface area (Å²) in [6.07, 6.45) is -0.844. The van der Waals surface area contributed by atoms with E-state index >= 15 is 0 Å². The summed E-state index contributed by atoms with van der Waals surface area (Å²) in [6.45, 7) is 1.16. The number of aliphatic hydroxyl groups is 1. The predicted molar refractivity (Wildman–Crippen MR) is 120 cm³/mol. The second-order valence-electron chi connectivity index (χ2n) is 7.50. The molecule has 0 aliphatic carbocycles. The minimum atomic E-state index is -3.47. The largest absolute Gasteiger partial charge is 0.492 e. The van der Waals surface area contributed by atoms with Gasteiger partial charge in [0.2, 0.25) is 15.9 Å². The lowest BCUT2D eigenvalue weighted by atomic mass is 10.1. The highest BCUT2D eigenvalue weighted by Crippen LogP contribution is 2.27. The van der Waals surface area contributed by atoms with Crippen LogP contribution in [-0.4, -0.2) is 55.3 Å². The van der Waals surface area contributed by atoms with Crippen LogP contribution < -0.4 is 19.5 Å². The first-order chi connectivity index (χ1) is 15.7. The average molecular weight is 485 g/mol. The number of H-pyrrole nitrogens is 1. The molecule has 0 fully saturated rings. The van der Waals surface area contributed by atoms with Gasteiger partial charge in [-0.15, -0.1) is 5.10 Å². The molecule has 12 heteroatoms. The first-order valence-corrected chi connectivity index (χ1v) is 11.8. The van der Waals surface area contributed by atoms with Crippen LogP contribution in [0.3, 0.4) is 0 Å². The molecule has 0 amide bonds. The number of rotatable bonds is 12. The van der Waals surface area contributed by atoms with Crippen molar-refractivity contribution in [3.8, 4) is 11.6 Å². The van der Waals surface area contributed by atoms with E-state index < -0.39 is 28.0 Å². The third kappa shape index (κ3) is 6.76. The highest BCUT2D eigenvalue weighted by Gasteiger charge is 2.16. The van der Waals surface area contributed by atoms with Crippen molar-refractivity contribution in [3.63, 3.8) is 0 Å². The summed E-state index contributed by atoms with van der Waals surface area (Å²) in [7, 11) is -3.47. The first kappa shape index (κ1) is 24.7. The van der Waals surface area contributed by atoms with Crippen LogP contribution in [0.15, 0.2) is 42.5 Å². The number of hydrogen-bond donors (Lipinski definition) is 4. The zero-order valence-corrected chi connectivity index (χ0v) is 18.9. The van der Waals surface area contributed by atoms with Crippen LogP contribution in [0, 0.1) is 0 Å². The summed E-state index contributed by atoms with van der Waals surface area (Å²) < 4.78 is 61.2. The van der Waals surface area contributed by atoms with E-state index in [4.69, 9.17) is 4.74 Å². The Kier molecular flexibility index (Phi) is 8.06. The molecule has 3 aromatic rings. The van der Waals surface area contributed by atoms with Crippen LogP contribution in [0.2, 0.25) is 0 Å².